The van der Waals surface area contributed by atoms with Crippen LogP contribution in [0.1, 0.15) is 100.0 Å². The zero-order valence-corrected chi connectivity index (χ0v) is 39.9. The van der Waals surface area contributed by atoms with E-state index in [-0.39, 0.29) is 48.6 Å². The van der Waals surface area contributed by atoms with Gasteiger partial charge in [-0.25, -0.2) is 9.78 Å². The van der Waals surface area contributed by atoms with E-state index in [1.165, 1.54) is 25.3 Å². The van der Waals surface area contributed by atoms with Crippen LogP contribution in [0.3, 0.4) is 0 Å². The molecular weight excluding hydrogens is 843 g/mol. The Balaban J connectivity index is 1.60. The minimum absolute atomic E-state index is 0.0639. The summed E-state index contributed by atoms with van der Waals surface area (Å²) < 4.78 is 40.3. The molecule has 362 valence electrons. The van der Waals surface area contributed by atoms with Gasteiger partial charge in [0.1, 0.15) is 24.1 Å². The zero-order valence-electron chi connectivity index (χ0n) is 39.9. The van der Waals surface area contributed by atoms with Crippen molar-refractivity contribution in [2.24, 2.45) is 23.7 Å². The second-order valence-electron chi connectivity index (χ2n) is 18.7. The van der Waals surface area contributed by atoms with Gasteiger partial charge < -0.3 is 47.9 Å². The molecule has 1 N–H and O–H groups in total. The molecule has 4 heterocycles. The Kier molecular flexibility index (Phi) is 17.3. The molecule has 0 radical (unpaired) electrons. The number of fused-ring (bicyclic) bond motifs is 1. The minimum atomic E-state index is -1.47. The monoisotopic (exact) mass is 914 g/mol. The van der Waals surface area contributed by atoms with Crippen LogP contribution in [0.5, 0.6) is 0 Å². The summed E-state index contributed by atoms with van der Waals surface area (Å²) in [6.07, 6.45) is 0.112. The number of likely N-dealkylation sites (N-methyl/N-ethyl adjacent to an activating group) is 1. The van der Waals surface area contributed by atoms with Crippen LogP contribution >= 0.6 is 0 Å². The number of carbonyl (C=O) groups excluding carboxylic acids is 4. The van der Waals surface area contributed by atoms with Crippen LogP contribution in [0.4, 0.5) is 10.5 Å². The fourth-order valence-electron chi connectivity index (χ4n) is 10.4. The van der Waals surface area contributed by atoms with Gasteiger partial charge in [0, 0.05) is 68.0 Å². The van der Waals surface area contributed by atoms with Gasteiger partial charge in [0.15, 0.2) is 11.9 Å². The van der Waals surface area contributed by atoms with E-state index in [9.17, 15) is 34.4 Å². The van der Waals surface area contributed by atoms with Crippen molar-refractivity contribution in [1.29, 1.82) is 0 Å². The van der Waals surface area contributed by atoms with Crippen molar-refractivity contribution in [2.45, 2.75) is 167 Å². The first-order valence-electron chi connectivity index (χ1n) is 23.1. The van der Waals surface area contributed by atoms with E-state index in [0.29, 0.717) is 32.4 Å². The van der Waals surface area contributed by atoms with Gasteiger partial charge in [-0.05, 0) is 73.4 Å². The summed E-state index contributed by atoms with van der Waals surface area (Å²) in [4.78, 5) is 76.7. The number of benzene rings is 1. The van der Waals surface area contributed by atoms with Crippen LogP contribution in [0.2, 0.25) is 0 Å². The predicted octanol–water partition coefficient (Wildman–Crippen LogP) is 5.75. The maximum atomic E-state index is 14.9. The molecule has 18 nitrogen and oxygen atoms in total. The molecule has 5 rings (SSSR count). The largest absolute Gasteiger partial charge is 0.461 e. The van der Waals surface area contributed by atoms with E-state index in [0.717, 1.165) is 0 Å². The standard InChI is InChI=1S/C47H71N5O13/c1-12-36-47(9)41(51(45(57)65-47)22-17-16-21-50-23-20-48-27-50)30(5)38(54)28(3)26-46(8,60-11)42(64-44-39(55)35(49(10)13-2)24-29(4)61-44)31(6)40(32(7)43(56)62-36)63-37(53)25-33-18-14-15-19-34(33)52(58)59/h14-15,18-20,23,27-32,35-36,39-42,44,55H,12-13,16-17,21-22,24-26H2,1-11H3/t28-,29+,30+,31+,32-,35-,36-,39+,40+,41-,42-,44-,46-,47-/m1/s1. The molecule has 0 aliphatic carbocycles. The Bertz CT molecular complexity index is 1950. The number of ketones is 1. The predicted molar refractivity (Wildman–Crippen MR) is 237 cm³/mol. The molecule has 1 aromatic heterocycles. The van der Waals surface area contributed by atoms with Crippen LogP contribution in [0.25, 0.3) is 0 Å². The van der Waals surface area contributed by atoms with Crippen LogP contribution < -0.4 is 0 Å². The first kappa shape index (κ1) is 51.5. The molecule has 0 unspecified atom stereocenters. The number of nitro groups is 1. The number of hydrogen-bond donors (Lipinski definition) is 1. The zero-order chi connectivity index (χ0) is 48.0. The Morgan fingerprint density at radius 1 is 1.06 bits per heavy atom. The number of Topliss-reactive ketones (excluding diaryl/α,β-unsaturated/α-hetero) is 1. The summed E-state index contributed by atoms with van der Waals surface area (Å²) in [5.41, 5.74) is -3.00. The molecule has 1 aromatic carbocycles. The first-order chi connectivity index (χ1) is 30.7. The summed E-state index contributed by atoms with van der Waals surface area (Å²) in [5.74, 6) is -5.47. The second kappa shape index (κ2) is 21.9. The number of esters is 2. The lowest BCUT2D eigenvalue weighted by molar-refractivity contribution is -0.385. The maximum absolute atomic E-state index is 14.9. The number of carbonyl (C=O) groups is 4. The first-order valence-corrected chi connectivity index (χ1v) is 23.1. The van der Waals surface area contributed by atoms with E-state index < -0.39 is 101 Å². The number of aliphatic hydroxyl groups excluding tert-OH is 1. The van der Waals surface area contributed by atoms with Crippen molar-refractivity contribution < 1.29 is 57.6 Å². The number of cyclic esters (lactones) is 1. The van der Waals surface area contributed by atoms with Crippen molar-refractivity contribution >= 4 is 29.5 Å². The topological polar surface area (TPSA) is 211 Å². The number of nitrogens with zero attached hydrogens (tertiary/aromatic N) is 5. The third-order valence-corrected chi connectivity index (χ3v) is 14.2. The van der Waals surface area contributed by atoms with Gasteiger partial charge in [0.05, 0.1) is 47.4 Å². The van der Waals surface area contributed by atoms with Crippen molar-refractivity contribution in [3.63, 3.8) is 0 Å². The number of aliphatic hydroxyl groups is 1. The van der Waals surface area contributed by atoms with Gasteiger partial charge in [-0.15, -0.1) is 0 Å². The number of aromatic nitrogens is 2. The second-order valence-corrected chi connectivity index (χ2v) is 18.7. The number of amides is 1. The molecule has 0 spiro atoms. The molecule has 18 heteroatoms. The number of ether oxygens (including phenoxy) is 6. The Morgan fingerprint density at radius 3 is 2.38 bits per heavy atom. The quantitative estimate of drug-likeness (QED) is 0.0741. The number of hydrogen-bond acceptors (Lipinski definition) is 15. The molecular formula is C47H71N5O13. The minimum Gasteiger partial charge on any atom is -0.461 e. The van der Waals surface area contributed by atoms with E-state index in [2.05, 4.69) is 4.98 Å². The maximum Gasteiger partial charge on any atom is 0.410 e. The normalized spacial score (nSPS) is 35.0. The van der Waals surface area contributed by atoms with E-state index in [4.69, 9.17) is 28.4 Å². The summed E-state index contributed by atoms with van der Waals surface area (Å²) in [7, 11) is 3.38. The molecule has 14 atom stereocenters. The smallest absolute Gasteiger partial charge is 0.410 e. The molecule has 3 aliphatic heterocycles. The highest BCUT2D eigenvalue weighted by Gasteiger charge is 2.60. The lowest BCUT2D eigenvalue weighted by Crippen LogP contribution is -2.61. The molecule has 65 heavy (non-hydrogen) atoms. The van der Waals surface area contributed by atoms with Gasteiger partial charge in [0.25, 0.3) is 5.69 Å². The Labute approximate surface area is 382 Å². The summed E-state index contributed by atoms with van der Waals surface area (Å²) in [6, 6.07) is 4.64. The molecule has 0 bridgehead atoms. The number of aryl methyl sites for hydroxylation is 1. The van der Waals surface area contributed by atoms with Gasteiger partial charge in [-0.1, -0.05) is 52.8 Å². The molecule has 1 amide bonds. The average molecular weight is 914 g/mol. The number of para-hydroxylation sites is 1. The number of nitro benzene ring substituents is 1. The Morgan fingerprint density at radius 2 is 1.75 bits per heavy atom. The number of rotatable bonds is 15. The third-order valence-electron chi connectivity index (χ3n) is 14.2. The highest BCUT2D eigenvalue weighted by Crippen LogP contribution is 2.44. The van der Waals surface area contributed by atoms with E-state index >= 15 is 0 Å². The molecule has 3 aliphatic rings. The third kappa shape index (κ3) is 11.4. The highest BCUT2D eigenvalue weighted by molar-refractivity contribution is 5.85. The summed E-state index contributed by atoms with van der Waals surface area (Å²) >= 11 is 0. The van der Waals surface area contributed by atoms with Crippen molar-refractivity contribution in [3.05, 3.63) is 58.7 Å². The van der Waals surface area contributed by atoms with Crippen LogP contribution in [0.15, 0.2) is 43.0 Å². The average Bonchev–Trinajstić information content (AvgIpc) is 3.89. The van der Waals surface area contributed by atoms with E-state index in [1.54, 1.807) is 72.0 Å². The van der Waals surface area contributed by atoms with Crippen molar-refractivity contribution in [2.75, 3.05) is 27.2 Å². The van der Waals surface area contributed by atoms with Gasteiger partial charge in [-0.3, -0.25) is 24.5 Å². The number of unbranched alkanes of at least 4 members (excludes halogenated alkanes) is 1. The molecule has 3 saturated heterocycles. The fourth-order valence-corrected chi connectivity index (χ4v) is 10.4. The van der Waals surface area contributed by atoms with Crippen LogP contribution in [0, 0.1) is 33.8 Å². The number of imidazole rings is 1. The number of methoxy groups -OCH3 is 1. The Hall–Kier alpha value is -4.49. The molecule has 2 aromatic rings. The van der Waals surface area contributed by atoms with Gasteiger partial charge >= 0.3 is 18.0 Å². The molecule has 0 saturated carbocycles. The van der Waals surface area contributed by atoms with Crippen LogP contribution in [-0.2, 0) is 55.8 Å². The van der Waals surface area contributed by atoms with E-state index in [1.807, 2.05) is 36.6 Å². The van der Waals surface area contributed by atoms with Crippen molar-refractivity contribution in [3.8, 4) is 0 Å². The highest BCUT2D eigenvalue weighted by atomic mass is 16.7. The van der Waals surface area contributed by atoms with Gasteiger partial charge in [-0.2, -0.15) is 0 Å². The lowest BCUT2D eigenvalue weighted by Gasteiger charge is -2.48. The van der Waals surface area contributed by atoms with Crippen molar-refractivity contribution in [1.82, 2.24) is 19.4 Å². The van der Waals surface area contributed by atoms with Crippen LogP contribution in [-0.4, -0.2) is 141 Å². The summed E-state index contributed by atoms with van der Waals surface area (Å²) in [5, 5.41) is 23.8. The molecule has 3 fully saturated rings. The SMILES string of the molecule is CC[C@H]1OC(=O)[C@H](C)[C@@H](OC(=O)Cc2ccccc2[N+](=O)[O-])[C@H](C)[C@@H](O[C@H]2O[C@@H](C)C[C@@H](N(C)CC)[C@@H]2O)[C@](C)(OC)C[C@@H](C)C(=O)[C@H](C)[C@H]2N(CCCCn3ccnc3)C(=O)O[C@]12C. The fraction of sp³-hybridized carbons (Fsp3) is 0.723. The lowest BCUT2D eigenvalue weighted by atomic mass is 9.73. The van der Waals surface area contributed by atoms with Gasteiger partial charge in [0.2, 0.25) is 0 Å². The summed E-state index contributed by atoms with van der Waals surface area (Å²) in [6.45, 7) is 17.6.